The standard InChI is InChI=1S/C20H19ClN2O3S/c1-11-2-3-15-16(4-11)27-19-17(15)20(24)23(9-22-19)7-12-5-14(21)6-13-8-25-10-26-18(12)13/h5-6,9,11H,2-4,7-8,10H2,1H3/t11-/m0/s1. The second-order valence-electron chi connectivity index (χ2n) is 7.37. The van der Waals surface area contributed by atoms with Crippen LogP contribution in [0.15, 0.2) is 23.3 Å². The topological polar surface area (TPSA) is 53.4 Å². The van der Waals surface area contributed by atoms with Gasteiger partial charge in [-0.3, -0.25) is 9.36 Å². The first-order valence-corrected chi connectivity index (χ1v) is 10.3. The molecule has 0 radical (unpaired) electrons. The minimum Gasteiger partial charge on any atom is -0.467 e. The number of rotatable bonds is 2. The van der Waals surface area contributed by atoms with E-state index in [0.29, 0.717) is 24.1 Å². The molecule has 0 bridgehead atoms. The number of nitrogens with zero attached hydrogens (tertiary/aromatic N) is 2. The molecular formula is C20H19ClN2O3S. The first-order valence-electron chi connectivity index (χ1n) is 9.11. The van der Waals surface area contributed by atoms with Crippen LogP contribution in [0.5, 0.6) is 5.75 Å². The third-order valence-corrected chi connectivity index (χ3v) is 6.76. The van der Waals surface area contributed by atoms with Crippen LogP contribution in [0.3, 0.4) is 0 Å². The number of hydrogen-bond donors (Lipinski definition) is 0. The fourth-order valence-electron chi connectivity index (χ4n) is 4.04. The van der Waals surface area contributed by atoms with Gasteiger partial charge in [-0.15, -0.1) is 11.3 Å². The van der Waals surface area contributed by atoms with Crippen LogP contribution in [0.1, 0.15) is 34.9 Å². The number of benzene rings is 1. The summed E-state index contributed by atoms with van der Waals surface area (Å²) in [5.74, 6) is 1.43. The van der Waals surface area contributed by atoms with E-state index in [1.165, 1.54) is 10.4 Å². The van der Waals surface area contributed by atoms with Crippen LogP contribution in [0, 0.1) is 5.92 Å². The lowest BCUT2D eigenvalue weighted by Crippen LogP contribution is -2.23. The summed E-state index contributed by atoms with van der Waals surface area (Å²) in [7, 11) is 0. The maximum absolute atomic E-state index is 13.2. The van der Waals surface area contributed by atoms with Crippen molar-refractivity contribution in [3.8, 4) is 5.75 Å². The summed E-state index contributed by atoms with van der Waals surface area (Å²) in [6, 6.07) is 3.70. The molecule has 0 unspecified atom stereocenters. The van der Waals surface area contributed by atoms with E-state index in [9.17, 15) is 4.79 Å². The summed E-state index contributed by atoms with van der Waals surface area (Å²) in [6.45, 7) is 3.33. The highest BCUT2D eigenvalue weighted by Crippen LogP contribution is 2.36. The van der Waals surface area contributed by atoms with Crippen molar-refractivity contribution in [3.05, 3.63) is 55.4 Å². The molecule has 1 atom stereocenters. The molecule has 140 valence electrons. The van der Waals surface area contributed by atoms with E-state index < -0.39 is 0 Å². The number of ether oxygens (including phenoxy) is 2. The molecule has 0 N–H and O–H groups in total. The summed E-state index contributed by atoms with van der Waals surface area (Å²) >= 11 is 7.93. The van der Waals surface area contributed by atoms with Gasteiger partial charge in [0.1, 0.15) is 10.6 Å². The lowest BCUT2D eigenvalue weighted by molar-refractivity contribution is -0.0170. The number of fused-ring (bicyclic) bond motifs is 4. The molecule has 0 saturated carbocycles. The number of thiophene rings is 1. The Balaban J connectivity index is 1.60. The molecule has 5 rings (SSSR count). The van der Waals surface area contributed by atoms with Crippen LogP contribution in [0.4, 0.5) is 0 Å². The Morgan fingerprint density at radius 1 is 1.41 bits per heavy atom. The molecule has 0 spiro atoms. The van der Waals surface area contributed by atoms with Crippen LogP contribution in [0.2, 0.25) is 5.02 Å². The zero-order valence-corrected chi connectivity index (χ0v) is 16.5. The third-order valence-electron chi connectivity index (χ3n) is 5.37. The number of hydrogen-bond acceptors (Lipinski definition) is 5. The normalized spacial score (nSPS) is 18.8. The molecule has 0 amide bonds. The quantitative estimate of drug-likeness (QED) is 0.646. The van der Waals surface area contributed by atoms with Gasteiger partial charge in [-0.1, -0.05) is 18.5 Å². The maximum Gasteiger partial charge on any atom is 0.262 e. The van der Waals surface area contributed by atoms with Gasteiger partial charge in [-0.05, 0) is 42.9 Å². The van der Waals surface area contributed by atoms with Crippen LogP contribution in [-0.4, -0.2) is 16.3 Å². The average Bonchev–Trinajstić information content (AvgIpc) is 3.02. The summed E-state index contributed by atoms with van der Waals surface area (Å²) in [6.07, 6.45) is 4.78. The lowest BCUT2D eigenvalue weighted by atomic mass is 9.89. The van der Waals surface area contributed by atoms with Crippen molar-refractivity contribution in [1.82, 2.24) is 9.55 Å². The van der Waals surface area contributed by atoms with Crippen LogP contribution >= 0.6 is 22.9 Å². The summed E-state index contributed by atoms with van der Waals surface area (Å²) in [5.41, 5.74) is 3.01. The molecule has 5 nitrogen and oxygen atoms in total. The first kappa shape index (κ1) is 17.2. The Morgan fingerprint density at radius 2 is 2.30 bits per heavy atom. The highest BCUT2D eigenvalue weighted by atomic mass is 35.5. The number of aryl methyl sites for hydroxylation is 1. The van der Waals surface area contributed by atoms with E-state index in [1.807, 2.05) is 12.1 Å². The van der Waals surface area contributed by atoms with E-state index >= 15 is 0 Å². The zero-order chi connectivity index (χ0) is 18.5. The molecule has 2 aromatic heterocycles. The fourth-order valence-corrected chi connectivity index (χ4v) is 5.64. The molecule has 1 aliphatic heterocycles. The molecule has 3 heterocycles. The van der Waals surface area contributed by atoms with Crippen molar-refractivity contribution in [2.45, 2.75) is 39.3 Å². The van der Waals surface area contributed by atoms with Crippen molar-refractivity contribution in [2.24, 2.45) is 5.92 Å². The molecule has 1 aliphatic carbocycles. The minimum atomic E-state index is 0.0211. The predicted molar refractivity (Wildman–Crippen MR) is 106 cm³/mol. The van der Waals surface area contributed by atoms with Crippen molar-refractivity contribution in [1.29, 1.82) is 0 Å². The smallest absolute Gasteiger partial charge is 0.262 e. The number of halogens is 1. The van der Waals surface area contributed by atoms with E-state index in [0.717, 1.165) is 46.4 Å². The van der Waals surface area contributed by atoms with Crippen molar-refractivity contribution in [2.75, 3.05) is 6.79 Å². The number of aromatic nitrogens is 2. The highest BCUT2D eigenvalue weighted by molar-refractivity contribution is 7.18. The Morgan fingerprint density at radius 3 is 3.19 bits per heavy atom. The predicted octanol–water partition coefficient (Wildman–Crippen LogP) is 4.15. The van der Waals surface area contributed by atoms with E-state index in [-0.39, 0.29) is 12.4 Å². The summed E-state index contributed by atoms with van der Waals surface area (Å²) < 4.78 is 12.7. The molecule has 7 heteroatoms. The Bertz CT molecular complexity index is 1100. The molecule has 1 aromatic carbocycles. The largest absolute Gasteiger partial charge is 0.467 e. The van der Waals surface area contributed by atoms with Crippen molar-refractivity contribution >= 4 is 33.2 Å². The lowest BCUT2D eigenvalue weighted by Gasteiger charge is -2.21. The Kier molecular flexibility index (Phi) is 4.22. The van der Waals surface area contributed by atoms with Crippen LogP contribution in [-0.2, 0) is 30.7 Å². The van der Waals surface area contributed by atoms with Crippen LogP contribution < -0.4 is 10.3 Å². The molecule has 0 fully saturated rings. The Hall–Kier alpha value is -1.89. The SMILES string of the molecule is C[C@H]1CCc2c(sc3ncn(Cc4cc(Cl)cc5c4OCOC5)c(=O)c23)C1. The van der Waals surface area contributed by atoms with Gasteiger partial charge in [0, 0.05) is 21.0 Å². The maximum atomic E-state index is 13.2. The second kappa shape index (κ2) is 6.62. The molecule has 0 saturated heterocycles. The third kappa shape index (κ3) is 2.96. The van der Waals surface area contributed by atoms with Crippen molar-refractivity contribution in [3.63, 3.8) is 0 Å². The van der Waals surface area contributed by atoms with Gasteiger partial charge in [0.2, 0.25) is 0 Å². The van der Waals surface area contributed by atoms with Gasteiger partial charge in [0.05, 0.1) is 24.9 Å². The summed E-state index contributed by atoms with van der Waals surface area (Å²) in [5, 5.41) is 1.41. The summed E-state index contributed by atoms with van der Waals surface area (Å²) in [4.78, 5) is 20.0. The van der Waals surface area contributed by atoms with Gasteiger partial charge in [0.15, 0.2) is 6.79 Å². The fraction of sp³-hybridized carbons (Fsp3) is 0.400. The molecule has 3 aromatic rings. The zero-order valence-electron chi connectivity index (χ0n) is 15.0. The van der Waals surface area contributed by atoms with E-state index in [4.69, 9.17) is 21.1 Å². The van der Waals surface area contributed by atoms with Gasteiger partial charge < -0.3 is 9.47 Å². The average molecular weight is 403 g/mol. The first-order chi connectivity index (χ1) is 13.1. The molecule has 27 heavy (non-hydrogen) atoms. The van der Waals surface area contributed by atoms with E-state index in [1.54, 1.807) is 22.2 Å². The van der Waals surface area contributed by atoms with Gasteiger partial charge in [-0.25, -0.2) is 4.98 Å². The highest BCUT2D eigenvalue weighted by Gasteiger charge is 2.24. The van der Waals surface area contributed by atoms with Gasteiger partial charge in [-0.2, -0.15) is 0 Å². The van der Waals surface area contributed by atoms with Crippen molar-refractivity contribution < 1.29 is 9.47 Å². The molecule has 2 aliphatic rings. The van der Waals surface area contributed by atoms with Crippen LogP contribution in [0.25, 0.3) is 10.2 Å². The van der Waals surface area contributed by atoms with Gasteiger partial charge >= 0.3 is 0 Å². The van der Waals surface area contributed by atoms with E-state index in [2.05, 4.69) is 11.9 Å². The second-order valence-corrected chi connectivity index (χ2v) is 8.89. The molecular weight excluding hydrogens is 384 g/mol. The Labute approximate surface area is 165 Å². The van der Waals surface area contributed by atoms with Gasteiger partial charge in [0.25, 0.3) is 5.56 Å². The minimum absolute atomic E-state index is 0.0211. The monoisotopic (exact) mass is 402 g/mol.